The van der Waals surface area contributed by atoms with Gasteiger partial charge in [-0.2, -0.15) is 0 Å². The van der Waals surface area contributed by atoms with Gasteiger partial charge in [0.05, 0.1) is 17.2 Å². The Morgan fingerprint density at radius 1 is 1.00 bits per heavy atom. The van der Waals surface area contributed by atoms with Crippen molar-refractivity contribution in [2.45, 2.75) is 77.2 Å². The maximum Gasteiger partial charge on any atom is 0.261 e. The van der Waals surface area contributed by atoms with Crippen LogP contribution in [0.25, 0.3) is 0 Å². The van der Waals surface area contributed by atoms with Gasteiger partial charge in [0.15, 0.2) is 0 Å². The molecule has 1 N–H and O–H groups in total. The van der Waals surface area contributed by atoms with Crippen LogP contribution in [0, 0.1) is 5.41 Å². The molecule has 1 fully saturated rings. The van der Waals surface area contributed by atoms with E-state index in [1.807, 2.05) is 12.1 Å². The highest BCUT2D eigenvalue weighted by atomic mass is 16.2. The summed E-state index contributed by atoms with van der Waals surface area (Å²) < 4.78 is 0. The minimum Gasteiger partial charge on any atom is -0.321 e. The lowest BCUT2D eigenvalue weighted by atomic mass is 9.62. The topological polar surface area (TPSA) is 78.4 Å². The number of nitrogens with zero attached hydrogens (tertiary/aromatic N) is 4. The summed E-state index contributed by atoms with van der Waals surface area (Å²) in [6.07, 6.45) is 6.64. The van der Waals surface area contributed by atoms with E-state index in [-0.39, 0.29) is 28.7 Å². The minimum atomic E-state index is -0.188. The normalized spacial score (nSPS) is 22.8. The lowest BCUT2D eigenvalue weighted by molar-refractivity contribution is 0.0656. The second-order valence-corrected chi connectivity index (χ2v) is 13.5. The number of carbonyl (C=O) groups is 2. The molecule has 4 heterocycles. The highest BCUT2D eigenvalue weighted by Gasteiger charge is 2.56. The first-order chi connectivity index (χ1) is 19.7. The van der Waals surface area contributed by atoms with E-state index >= 15 is 0 Å². The first-order valence-electron chi connectivity index (χ1n) is 15.1. The van der Waals surface area contributed by atoms with E-state index in [4.69, 9.17) is 4.98 Å². The predicted octanol–water partition coefficient (Wildman–Crippen LogP) is 5.55. The molecule has 0 bridgehead atoms. The third-order valence-electron chi connectivity index (χ3n) is 9.94. The fourth-order valence-electron chi connectivity index (χ4n) is 8.25. The zero-order chi connectivity index (χ0) is 28.5. The summed E-state index contributed by atoms with van der Waals surface area (Å²) in [5.74, 6) is 1.14. The number of piperidine rings is 1. The van der Waals surface area contributed by atoms with Crippen molar-refractivity contribution in [1.82, 2.24) is 20.2 Å². The van der Waals surface area contributed by atoms with Crippen molar-refractivity contribution in [2.75, 3.05) is 24.5 Å². The minimum absolute atomic E-state index is 0.00361. The van der Waals surface area contributed by atoms with E-state index in [2.05, 4.69) is 61.1 Å². The van der Waals surface area contributed by atoms with Crippen LogP contribution in [0.3, 0.4) is 0 Å². The summed E-state index contributed by atoms with van der Waals surface area (Å²) in [7, 11) is 0. The maximum absolute atomic E-state index is 13.0. The summed E-state index contributed by atoms with van der Waals surface area (Å²) in [5.41, 5.74) is 7.29. The van der Waals surface area contributed by atoms with Gasteiger partial charge in [0.2, 0.25) is 0 Å². The van der Waals surface area contributed by atoms with E-state index in [9.17, 15) is 9.59 Å². The molecule has 0 unspecified atom stereocenters. The van der Waals surface area contributed by atoms with Gasteiger partial charge in [-0.15, -0.1) is 0 Å². The molecule has 7 rings (SSSR count). The number of amides is 2. The van der Waals surface area contributed by atoms with Gasteiger partial charge in [0, 0.05) is 28.9 Å². The second kappa shape index (κ2) is 9.48. The van der Waals surface area contributed by atoms with Gasteiger partial charge in [0.1, 0.15) is 12.1 Å². The lowest BCUT2D eigenvalue weighted by Crippen LogP contribution is -2.55. The van der Waals surface area contributed by atoms with Crippen molar-refractivity contribution in [1.29, 1.82) is 0 Å². The summed E-state index contributed by atoms with van der Waals surface area (Å²) in [6.45, 7) is 11.8. The van der Waals surface area contributed by atoms with Crippen LogP contribution in [0.15, 0.2) is 48.8 Å². The van der Waals surface area contributed by atoms with Crippen molar-refractivity contribution in [3.63, 3.8) is 0 Å². The average Bonchev–Trinajstić information content (AvgIpc) is 3.56. The van der Waals surface area contributed by atoms with Gasteiger partial charge in [0.25, 0.3) is 11.8 Å². The number of anilines is 2. The fourth-order valence-corrected chi connectivity index (χ4v) is 8.25. The molecule has 1 aliphatic carbocycles. The number of benzene rings is 2. The molecule has 1 aromatic heterocycles. The molecule has 1 saturated heterocycles. The molecule has 4 aliphatic rings. The van der Waals surface area contributed by atoms with Crippen molar-refractivity contribution in [2.24, 2.45) is 5.41 Å². The standard InChI is InChI=1S/C34H39N5O2/c1-21-9-11-26-28(21)29(37-20-36-26)39-27-12-10-22(13-18-38-30(40)23-7-5-6-8-24(23)31(38)41)19-25(27)34(14-16-35-17-15-34)32(39)33(2,3)4/h5-8,10,12,19-21,32,35H,9,11,13-18H2,1-4H3/t21-,32-/m1/s1. The van der Waals surface area contributed by atoms with Crippen LogP contribution in [0.2, 0.25) is 0 Å². The highest BCUT2D eigenvalue weighted by molar-refractivity contribution is 6.21. The monoisotopic (exact) mass is 549 g/mol. The van der Waals surface area contributed by atoms with Crippen molar-refractivity contribution < 1.29 is 9.59 Å². The Kier molecular flexibility index (Phi) is 6.09. The smallest absolute Gasteiger partial charge is 0.261 e. The molecule has 41 heavy (non-hydrogen) atoms. The number of carbonyl (C=O) groups excluding carboxylic acids is 2. The summed E-state index contributed by atoms with van der Waals surface area (Å²) in [6, 6.07) is 14.2. The summed E-state index contributed by atoms with van der Waals surface area (Å²) >= 11 is 0. The number of hydrogen-bond acceptors (Lipinski definition) is 6. The predicted molar refractivity (Wildman–Crippen MR) is 160 cm³/mol. The Balaban J connectivity index is 1.30. The van der Waals surface area contributed by atoms with Crippen LogP contribution < -0.4 is 10.2 Å². The van der Waals surface area contributed by atoms with Gasteiger partial charge in [-0.1, -0.05) is 52.0 Å². The van der Waals surface area contributed by atoms with Crippen LogP contribution in [0.1, 0.15) is 96.0 Å². The fraction of sp³-hybridized carbons (Fsp3) is 0.471. The molecular formula is C34H39N5O2. The van der Waals surface area contributed by atoms with Crippen LogP contribution in [-0.2, 0) is 18.3 Å². The van der Waals surface area contributed by atoms with Gasteiger partial charge >= 0.3 is 0 Å². The quantitative estimate of drug-likeness (QED) is 0.430. The Morgan fingerprint density at radius 3 is 2.39 bits per heavy atom. The number of fused-ring (bicyclic) bond motifs is 4. The number of aromatic nitrogens is 2. The summed E-state index contributed by atoms with van der Waals surface area (Å²) in [4.78, 5) is 39.7. The van der Waals surface area contributed by atoms with Gasteiger partial charge in [-0.05, 0) is 85.9 Å². The molecule has 7 nitrogen and oxygen atoms in total. The zero-order valence-corrected chi connectivity index (χ0v) is 24.5. The molecule has 3 aromatic rings. The van der Waals surface area contributed by atoms with Crippen LogP contribution in [0.4, 0.5) is 11.5 Å². The van der Waals surface area contributed by atoms with Crippen molar-refractivity contribution in [3.05, 3.63) is 82.3 Å². The van der Waals surface area contributed by atoms with E-state index in [0.29, 0.717) is 30.0 Å². The van der Waals surface area contributed by atoms with E-state index in [1.165, 1.54) is 27.4 Å². The Hall–Kier alpha value is -3.58. The van der Waals surface area contributed by atoms with E-state index in [1.54, 1.807) is 18.5 Å². The number of aryl methyl sites for hydroxylation is 1. The first kappa shape index (κ1) is 26.3. The molecule has 2 atom stereocenters. The average molecular weight is 550 g/mol. The lowest BCUT2D eigenvalue weighted by Gasteiger charge is -2.48. The van der Waals surface area contributed by atoms with E-state index in [0.717, 1.165) is 50.2 Å². The largest absolute Gasteiger partial charge is 0.321 e. The number of rotatable bonds is 4. The second-order valence-electron chi connectivity index (χ2n) is 13.5. The molecule has 0 saturated carbocycles. The van der Waals surface area contributed by atoms with E-state index < -0.39 is 0 Å². The number of hydrogen-bond donors (Lipinski definition) is 1. The van der Waals surface area contributed by atoms with Gasteiger partial charge < -0.3 is 10.2 Å². The van der Waals surface area contributed by atoms with Crippen LogP contribution in [0.5, 0.6) is 0 Å². The molecule has 7 heteroatoms. The Labute approximate surface area is 242 Å². The third kappa shape index (κ3) is 3.96. The molecule has 2 aromatic carbocycles. The molecule has 1 spiro atoms. The third-order valence-corrected chi connectivity index (χ3v) is 9.94. The molecule has 0 radical (unpaired) electrons. The number of nitrogens with one attached hydrogen (secondary N) is 1. The number of imide groups is 1. The SMILES string of the molecule is C[C@@H]1CCc2ncnc(N3c4ccc(CCN5C(=O)c6ccccc6C5=O)cc4C4(CCNCC4)[C@H]3C(C)(C)C)c21. The van der Waals surface area contributed by atoms with Crippen molar-refractivity contribution in [3.8, 4) is 0 Å². The highest BCUT2D eigenvalue weighted by Crippen LogP contribution is 2.58. The first-order valence-corrected chi connectivity index (χ1v) is 15.1. The Bertz CT molecular complexity index is 1520. The van der Waals surface area contributed by atoms with Crippen LogP contribution >= 0.6 is 0 Å². The van der Waals surface area contributed by atoms with Gasteiger partial charge in [-0.25, -0.2) is 9.97 Å². The molecular weight excluding hydrogens is 510 g/mol. The summed E-state index contributed by atoms with van der Waals surface area (Å²) in [5, 5.41) is 3.61. The Morgan fingerprint density at radius 2 is 1.71 bits per heavy atom. The van der Waals surface area contributed by atoms with Gasteiger partial charge in [-0.3, -0.25) is 14.5 Å². The zero-order valence-electron chi connectivity index (χ0n) is 24.5. The maximum atomic E-state index is 13.0. The van der Waals surface area contributed by atoms with Crippen LogP contribution in [-0.4, -0.2) is 52.4 Å². The molecule has 212 valence electrons. The molecule has 2 amide bonds. The molecule has 3 aliphatic heterocycles. The van der Waals surface area contributed by atoms with Crippen molar-refractivity contribution >= 4 is 23.3 Å².